The second kappa shape index (κ2) is 8.42. The fourth-order valence-electron chi connectivity index (χ4n) is 5.30. The Morgan fingerprint density at radius 3 is 1.95 bits per heavy atom. The van der Waals surface area contributed by atoms with E-state index in [0.29, 0.717) is 0 Å². The molecule has 3 nitrogen and oxygen atoms in total. The van der Waals surface area contributed by atoms with Gasteiger partial charge in [-0.25, -0.2) is 9.97 Å². The number of rotatable bonds is 3. The average Bonchev–Trinajstić information content (AvgIpc) is 2.93. The maximum Gasteiger partial charge on any atom is 0.0915 e. The molecule has 37 heavy (non-hydrogen) atoms. The van der Waals surface area contributed by atoms with E-state index >= 15 is 0 Å². The summed E-state index contributed by atoms with van der Waals surface area (Å²) in [6.45, 7) is 4.31. The third kappa shape index (κ3) is 3.68. The molecular formula is C34H25N3. The van der Waals surface area contributed by atoms with E-state index in [1.54, 1.807) is 0 Å². The number of fused-ring (bicyclic) bond motifs is 4. The monoisotopic (exact) mass is 475 g/mol. The summed E-state index contributed by atoms with van der Waals surface area (Å²) in [5.74, 6) is 0. The van der Waals surface area contributed by atoms with Crippen LogP contribution in [-0.4, -0.2) is 9.97 Å². The van der Waals surface area contributed by atoms with Gasteiger partial charge >= 0.3 is 0 Å². The molecule has 1 aromatic heterocycles. The number of aryl methyl sites for hydroxylation is 2. The first-order chi connectivity index (χ1) is 18.1. The van der Waals surface area contributed by atoms with Crippen molar-refractivity contribution in [3.8, 4) is 0 Å². The molecule has 0 aliphatic rings. The van der Waals surface area contributed by atoms with Gasteiger partial charge in [0.25, 0.3) is 0 Å². The molecule has 0 saturated carbocycles. The lowest BCUT2D eigenvalue weighted by molar-refractivity contribution is 1.29. The summed E-state index contributed by atoms with van der Waals surface area (Å²) in [6.07, 6.45) is 0. The van der Waals surface area contributed by atoms with Crippen molar-refractivity contribution in [3.05, 3.63) is 126 Å². The van der Waals surface area contributed by atoms with Crippen LogP contribution in [0.4, 0.5) is 17.1 Å². The van der Waals surface area contributed by atoms with Crippen molar-refractivity contribution in [2.45, 2.75) is 13.8 Å². The van der Waals surface area contributed by atoms with Crippen LogP contribution in [0.15, 0.2) is 115 Å². The van der Waals surface area contributed by atoms with Crippen LogP contribution >= 0.6 is 0 Å². The fraction of sp³-hybridized carbons (Fsp3) is 0.0588. The minimum absolute atomic E-state index is 0.883. The Hall–Kier alpha value is -4.76. The van der Waals surface area contributed by atoms with Crippen molar-refractivity contribution < 1.29 is 0 Å². The predicted molar refractivity (Wildman–Crippen MR) is 156 cm³/mol. The summed E-state index contributed by atoms with van der Waals surface area (Å²) in [6, 6.07) is 40.8. The normalized spacial score (nSPS) is 11.5. The van der Waals surface area contributed by atoms with Crippen LogP contribution in [0.2, 0.25) is 0 Å². The summed E-state index contributed by atoms with van der Waals surface area (Å²) in [5, 5.41) is 4.94. The molecule has 176 valence electrons. The van der Waals surface area contributed by atoms with E-state index in [-0.39, 0.29) is 0 Å². The molecule has 7 aromatic rings. The largest absolute Gasteiger partial charge is 0.310 e. The van der Waals surface area contributed by atoms with Crippen LogP contribution in [0.25, 0.3) is 43.6 Å². The summed E-state index contributed by atoms with van der Waals surface area (Å²) in [7, 11) is 0. The molecular weight excluding hydrogens is 450 g/mol. The average molecular weight is 476 g/mol. The van der Waals surface area contributed by atoms with Crippen LogP contribution in [0.3, 0.4) is 0 Å². The van der Waals surface area contributed by atoms with E-state index in [9.17, 15) is 0 Å². The maximum absolute atomic E-state index is 4.95. The molecule has 0 N–H and O–H groups in total. The molecule has 0 amide bonds. The van der Waals surface area contributed by atoms with Gasteiger partial charge in [-0.05, 0) is 84.1 Å². The summed E-state index contributed by atoms with van der Waals surface area (Å²) in [4.78, 5) is 12.2. The number of benzene rings is 6. The zero-order valence-corrected chi connectivity index (χ0v) is 20.8. The molecule has 0 atom stereocenters. The van der Waals surface area contributed by atoms with E-state index in [2.05, 4.69) is 110 Å². The highest BCUT2D eigenvalue weighted by Crippen LogP contribution is 2.41. The van der Waals surface area contributed by atoms with Crippen LogP contribution in [0.5, 0.6) is 0 Å². The molecule has 0 aliphatic carbocycles. The van der Waals surface area contributed by atoms with Crippen molar-refractivity contribution in [1.82, 2.24) is 9.97 Å². The summed E-state index contributed by atoms with van der Waals surface area (Å²) < 4.78 is 0. The first-order valence-electron chi connectivity index (χ1n) is 12.6. The van der Waals surface area contributed by atoms with Gasteiger partial charge in [-0.15, -0.1) is 0 Å². The van der Waals surface area contributed by atoms with Gasteiger partial charge in [0.1, 0.15) is 0 Å². The topological polar surface area (TPSA) is 29.0 Å². The van der Waals surface area contributed by atoms with Crippen LogP contribution in [0, 0.1) is 13.8 Å². The summed E-state index contributed by atoms with van der Waals surface area (Å²) >= 11 is 0. The second-order valence-electron chi connectivity index (χ2n) is 9.70. The van der Waals surface area contributed by atoms with Crippen LogP contribution in [0.1, 0.15) is 11.1 Å². The zero-order chi connectivity index (χ0) is 24.9. The first-order valence-corrected chi connectivity index (χ1v) is 12.6. The molecule has 6 aromatic carbocycles. The molecule has 0 bridgehead atoms. The molecule has 0 spiro atoms. The second-order valence-corrected chi connectivity index (χ2v) is 9.70. The molecule has 0 radical (unpaired) electrons. The molecule has 7 rings (SSSR count). The van der Waals surface area contributed by atoms with E-state index in [4.69, 9.17) is 9.97 Å². The zero-order valence-electron chi connectivity index (χ0n) is 20.8. The number of hydrogen-bond donors (Lipinski definition) is 0. The highest BCUT2D eigenvalue weighted by atomic mass is 15.1. The van der Waals surface area contributed by atoms with Crippen molar-refractivity contribution >= 4 is 60.7 Å². The smallest absolute Gasteiger partial charge is 0.0915 e. The van der Waals surface area contributed by atoms with E-state index in [1.165, 1.54) is 32.7 Å². The van der Waals surface area contributed by atoms with E-state index in [0.717, 1.165) is 39.1 Å². The van der Waals surface area contributed by atoms with Gasteiger partial charge in [-0.1, -0.05) is 72.3 Å². The van der Waals surface area contributed by atoms with Gasteiger partial charge in [-0.2, -0.15) is 0 Å². The van der Waals surface area contributed by atoms with Crippen molar-refractivity contribution in [2.75, 3.05) is 4.90 Å². The van der Waals surface area contributed by atoms with Crippen molar-refractivity contribution in [3.63, 3.8) is 0 Å². The maximum atomic E-state index is 4.95. The minimum atomic E-state index is 0.883. The predicted octanol–water partition coefficient (Wildman–Crippen LogP) is 9.18. The van der Waals surface area contributed by atoms with Crippen LogP contribution in [-0.2, 0) is 0 Å². The number of nitrogens with zero attached hydrogens (tertiary/aromatic N) is 3. The Kier molecular flexibility index (Phi) is 4.90. The Morgan fingerprint density at radius 1 is 0.486 bits per heavy atom. The number of hydrogen-bond acceptors (Lipinski definition) is 3. The van der Waals surface area contributed by atoms with Gasteiger partial charge < -0.3 is 4.90 Å². The van der Waals surface area contributed by atoms with E-state index in [1.807, 2.05) is 24.3 Å². The molecule has 0 fully saturated rings. The third-order valence-corrected chi connectivity index (χ3v) is 7.18. The number of para-hydroxylation sites is 2. The van der Waals surface area contributed by atoms with Crippen molar-refractivity contribution in [2.24, 2.45) is 0 Å². The number of aromatic nitrogens is 2. The quantitative estimate of drug-likeness (QED) is 0.239. The minimum Gasteiger partial charge on any atom is -0.310 e. The highest BCUT2D eigenvalue weighted by Gasteiger charge is 2.17. The van der Waals surface area contributed by atoms with Gasteiger partial charge in [0.2, 0.25) is 0 Å². The molecule has 0 aliphatic heterocycles. The standard InChI is InChI=1S/C34H25N3/c1-22-11-13-25-20-26(15-14-24(25)19-22)37(34-18-12-23(2)28-7-3-4-8-29(28)34)27-16-17-32-33(21-27)36-31-10-6-5-9-30(31)35-32/h3-21H,1-2H3. The third-order valence-electron chi connectivity index (χ3n) is 7.18. The molecule has 1 heterocycles. The molecule has 0 saturated heterocycles. The molecule has 3 heteroatoms. The lowest BCUT2D eigenvalue weighted by Crippen LogP contribution is -2.11. The Bertz CT molecular complexity index is 1970. The SMILES string of the molecule is Cc1ccc2cc(N(c3ccc4nc5ccccc5nc4c3)c3ccc(C)c4ccccc34)ccc2c1. The lowest BCUT2D eigenvalue weighted by atomic mass is 10.0. The van der Waals surface area contributed by atoms with Gasteiger partial charge in [0.15, 0.2) is 0 Å². The van der Waals surface area contributed by atoms with E-state index < -0.39 is 0 Å². The van der Waals surface area contributed by atoms with Gasteiger partial charge in [0.05, 0.1) is 27.8 Å². The lowest BCUT2D eigenvalue weighted by Gasteiger charge is -2.27. The molecule has 0 unspecified atom stereocenters. The summed E-state index contributed by atoms with van der Waals surface area (Å²) in [5.41, 5.74) is 9.43. The van der Waals surface area contributed by atoms with Gasteiger partial charge in [-0.3, -0.25) is 0 Å². The fourth-order valence-corrected chi connectivity index (χ4v) is 5.30. The highest BCUT2D eigenvalue weighted by molar-refractivity contribution is 6.02. The van der Waals surface area contributed by atoms with Crippen LogP contribution < -0.4 is 4.90 Å². The number of anilines is 3. The first kappa shape index (κ1) is 21.5. The Balaban J connectivity index is 1.50. The Labute approximate surface area is 215 Å². The Morgan fingerprint density at radius 2 is 1.11 bits per heavy atom. The van der Waals surface area contributed by atoms with Crippen molar-refractivity contribution in [1.29, 1.82) is 0 Å². The van der Waals surface area contributed by atoms with Gasteiger partial charge in [0, 0.05) is 16.8 Å².